The van der Waals surface area contributed by atoms with Crippen molar-refractivity contribution < 1.29 is 0 Å². The highest BCUT2D eigenvalue weighted by atomic mass is 15.2. The van der Waals surface area contributed by atoms with E-state index < -0.39 is 0 Å². The molecule has 2 aliphatic heterocycles. The third-order valence-corrected chi connectivity index (χ3v) is 3.94. The van der Waals surface area contributed by atoms with Crippen LogP contribution in [0.5, 0.6) is 0 Å². The Bertz CT molecular complexity index is 248. The Labute approximate surface area is 106 Å². The van der Waals surface area contributed by atoms with Gasteiger partial charge in [-0.15, -0.1) is 6.58 Å². The van der Waals surface area contributed by atoms with E-state index in [9.17, 15) is 0 Å². The lowest BCUT2D eigenvalue weighted by atomic mass is 10.1. The van der Waals surface area contributed by atoms with Crippen molar-refractivity contribution in [1.82, 2.24) is 9.80 Å². The quantitative estimate of drug-likeness (QED) is 0.652. The second-order valence-corrected chi connectivity index (χ2v) is 5.27. The summed E-state index contributed by atoms with van der Waals surface area (Å²) in [7, 11) is 0. The Balaban J connectivity index is 1.78. The van der Waals surface area contributed by atoms with E-state index in [1.807, 2.05) is 0 Å². The molecule has 0 aromatic carbocycles. The minimum Gasteiger partial charge on any atom is -0.300 e. The van der Waals surface area contributed by atoms with E-state index in [2.05, 4.69) is 34.6 Å². The SMILES string of the molecule is C=CCC(C=CCN1CCCC1)N1CCCC1. The Morgan fingerprint density at radius 1 is 1.00 bits per heavy atom. The summed E-state index contributed by atoms with van der Waals surface area (Å²) in [4.78, 5) is 5.15. The van der Waals surface area contributed by atoms with Crippen LogP contribution in [0.1, 0.15) is 32.1 Å². The molecule has 0 aliphatic carbocycles. The number of hydrogen-bond donors (Lipinski definition) is 0. The van der Waals surface area contributed by atoms with Crippen LogP contribution in [0.2, 0.25) is 0 Å². The van der Waals surface area contributed by atoms with Gasteiger partial charge in [0.15, 0.2) is 0 Å². The first-order chi connectivity index (χ1) is 8.40. The van der Waals surface area contributed by atoms with E-state index in [0.717, 1.165) is 13.0 Å². The second-order valence-electron chi connectivity index (χ2n) is 5.27. The molecule has 0 amide bonds. The summed E-state index contributed by atoms with van der Waals surface area (Å²) in [5.74, 6) is 0. The Morgan fingerprint density at radius 2 is 1.65 bits per heavy atom. The van der Waals surface area contributed by atoms with Gasteiger partial charge < -0.3 is 0 Å². The summed E-state index contributed by atoms with van der Waals surface area (Å²) >= 11 is 0. The predicted molar refractivity (Wildman–Crippen MR) is 74.2 cm³/mol. The molecule has 96 valence electrons. The number of rotatable bonds is 6. The van der Waals surface area contributed by atoms with Crippen molar-refractivity contribution in [2.24, 2.45) is 0 Å². The van der Waals surface area contributed by atoms with E-state index in [1.165, 1.54) is 51.9 Å². The van der Waals surface area contributed by atoms with Crippen LogP contribution in [0.25, 0.3) is 0 Å². The van der Waals surface area contributed by atoms with Crippen LogP contribution in [-0.2, 0) is 0 Å². The molecule has 2 heterocycles. The first-order valence-corrected chi connectivity index (χ1v) is 7.14. The van der Waals surface area contributed by atoms with Crippen molar-refractivity contribution in [2.45, 2.75) is 38.1 Å². The highest BCUT2D eigenvalue weighted by Gasteiger charge is 2.18. The lowest BCUT2D eigenvalue weighted by Crippen LogP contribution is -2.31. The van der Waals surface area contributed by atoms with Gasteiger partial charge in [-0.25, -0.2) is 0 Å². The van der Waals surface area contributed by atoms with E-state index >= 15 is 0 Å². The topological polar surface area (TPSA) is 6.48 Å². The Morgan fingerprint density at radius 3 is 2.29 bits per heavy atom. The van der Waals surface area contributed by atoms with Crippen LogP contribution in [0.3, 0.4) is 0 Å². The minimum atomic E-state index is 0.595. The fraction of sp³-hybridized carbons (Fsp3) is 0.733. The van der Waals surface area contributed by atoms with Crippen molar-refractivity contribution in [1.29, 1.82) is 0 Å². The van der Waals surface area contributed by atoms with Crippen LogP contribution >= 0.6 is 0 Å². The van der Waals surface area contributed by atoms with Crippen LogP contribution in [0.4, 0.5) is 0 Å². The maximum Gasteiger partial charge on any atom is 0.0313 e. The molecular formula is C15H26N2. The van der Waals surface area contributed by atoms with Gasteiger partial charge in [0.25, 0.3) is 0 Å². The second kappa shape index (κ2) is 6.97. The summed E-state index contributed by atoms with van der Waals surface area (Å²) < 4.78 is 0. The van der Waals surface area contributed by atoms with Crippen LogP contribution < -0.4 is 0 Å². The summed E-state index contributed by atoms with van der Waals surface area (Å²) in [5.41, 5.74) is 0. The van der Waals surface area contributed by atoms with Crippen molar-refractivity contribution in [3.05, 3.63) is 24.8 Å². The molecule has 2 fully saturated rings. The fourth-order valence-corrected chi connectivity index (χ4v) is 2.93. The zero-order valence-electron chi connectivity index (χ0n) is 11.0. The molecule has 17 heavy (non-hydrogen) atoms. The van der Waals surface area contributed by atoms with Crippen molar-refractivity contribution in [3.8, 4) is 0 Å². The van der Waals surface area contributed by atoms with Crippen molar-refractivity contribution >= 4 is 0 Å². The third-order valence-electron chi connectivity index (χ3n) is 3.94. The van der Waals surface area contributed by atoms with Crippen LogP contribution in [-0.4, -0.2) is 48.6 Å². The van der Waals surface area contributed by atoms with Gasteiger partial charge in [-0.2, -0.15) is 0 Å². The van der Waals surface area contributed by atoms with E-state index in [-0.39, 0.29) is 0 Å². The Hall–Kier alpha value is -0.600. The zero-order valence-corrected chi connectivity index (χ0v) is 11.0. The molecule has 2 rings (SSSR count). The average Bonchev–Trinajstić information content (AvgIpc) is 3.01. The molecule has 2 heteroatoms. The first kappa shape index (κ1) is 12.8. The van der Waals surface area contributed by atoms with Crippen LogP contribution in [0, 0.1) is 0 Å². The lowest BCUT2D eigenvalue weighted by molar-refractivity contribution is 0.284. The van der Waals surface area contributed by atoms with Gasteiger partial charge in [0.05, 0.1) is 0 Å². The molecule has 0 aromatic rings. The summed E-state index contributed by atoms with van der Waals surface area (Å²) in [6, 6.07) is 0.595. The van der Waals surface area contributed by atoms with Gasteiger partial charge in [0.2, 0.25) is 0 Å². The van der Waals surface area contributed by atoms with Crippen molar-refractivity contribution in [2.75, 3.05) is 32.7 Å². The highest BCUT2D eigenvalue weighted by molar-refractivity contribution is 5.00. The predicted octanol–water partition coefficient (Wildman–Crippen LogP) is 2.68. The molecule has 0 spiro atoms. The summed E-state index contributed by atoms with van der Waals surface area (Å²) in [5, 5.41) is 0. The number of hydrogen-bond acceptors (Lipinski definition) is 2. The molecule has 2 saturated heterocycles. The summed E-state index contributed by atoms with van der Waals surface area (Å²) in [6.07, 6.45) is 13.4. The lowest BCUT2D eigenvalue weighted by Gasteiger charge is -2.23. The normalized spacial score (nSPS) is 24.7. The van der Waals surface area contributed by atoms with Gasteiger partial charge >= 0.3 is 0 Å². The molecule has 0 bridgehead atoms. The standard InChI is InChI=1S/C15H26N2/c1-2-8-15(17-13-5-6-14-17)9-7-12-16-10-3-4-11-16/h2,7,9,15H,1,3-6,8,10-14H2. The van der Waals surface area contributed by atoms with Crippen molar-refractivity contribution in [3.63, 3.8) is 0 Å². The molecule has 0 N–H and O–H groups in total. The number of likely N-dealkylation sites (tertiary alicyclic amines) is 2. The van der Waals surface area contributed by atoms with E-state index in [0.29, 0.717) is 6.04 Å². The summed E-state index contributed by atoms with van der Waals surface area (Å²) in [6.45, 7) is 10.2. The fourth-order valence-electron chi connectivity index (χ4n) is 2.93. The van der Waals surface area contributed by atoms with Gasteiger partial charge in [0, 0.05) is 12.6 Å². The molecular weight excluding hydrogens is 208 g/mol. The van der Waals surface area contributed by atoms with E-state index in [4.69, 9.17) is 0 Å². The molecule has 2 aliphatic rings. The molecule has 1 unspecified atom stereocenters. The van der Waals surface area contributed by atoms with Gasteiger partial charge in [-0.05, 0) is 58.3 Å². The molecule has 1 atom stereocenters. The monoisotopic (exact) mass is 234 g/mol. The number of nitrogens with zero attached hydrogens (tertiary/aromatic N) is 2. The largest absolute Gasteiger partial charge is 0.300 e. The molecule has 0 saturated carbocycles. The third kappa shape index (κ3) is 3.97. The van der Waals surface area contributed by atoms with Gasteiger partial charge in [-0.3, -0.25) is 9.80 Å². The smallest absolute Gasteiger partial charge is 0.0313 e. The van der Waals surface area contributed by atoms with Gasteiger partial charge in [-0.1, -0.05) is 18.2 Å². The highest BCUT2D eigenvalue weighted by Crippen LogP contribution is 2.15. The van der Waals surface area contributed by atoms with Gasteiger partial charge in [0.1, 0.15) is 0 Å². The maximum absolute atomic E-state index is 3.89. The molecule has 0 aromatic heterocycles. The van der Waals surface area contributed by atoms with Crippen LogP contribution in [0.15, 0.2) is 24.8 Å². The first-order valence-electron chi connectivity index (χ1n) is 7.14. The van der Waals surface area contributed by atoms with E-state index in [1.54, 1.807) is 0 Å². The average molecular weight is 234 g/mol. The maximum atomic E-state index is 3.89. The minimum absolute atomic E-state index is 0.595. The molecule has 0 radical (unpaired) electrons. The zero-order chi connectivity index (χ0) is 11.9. The Kier molecular flexibility index (Phi) is 5.27. The molecule has 2 nitrogen and oxygen atoms in total.